The highest BCUT2D eigenvalue weighted by Gasteiger charge is 2.17. The van der Waals surface area contributed by atoms with E-state index in [1.54, 1.807) is 37.5 Å². The molecule has 3 rings (SSSR count). The van der Waals surface area contributed by atoms with E-state index in [4.69, 9.17) is 0 Å². The minimum absolute atomic E-state index is 0.134. The number of anilines is 1. The molecule has 2 heterocycles. The molecule has 25 heavy (non-hydrogen) atoms. The summed E-state index contributed by atoms with van der Waals surface area (Å²) in [4.78, 5) is 29.1. The fraction of sp³-hybridized carbons (Fsp3) is 0.118. The molecule has 128 valence electrons. The number of halogens is 2. The zero-order chi connectivity index (χ0) is 18.0. The Morgan fingerprint density at radius 1 is 1.32 bits per heavy atom. The van der Waals surface area contributed by atoms with E-state index in [2.05, 4.69) is 26.2 Å². The van der Waals surface area contributed by atoms with Gasteiger partial charge < -0.3 is 5.32 Å². The van der Waals surface area contributed by atoms with Crippen molar-refractivity contribution in [2.24, 2.45) is 0 Å². The number of pyridine rings is 1. The summed E-state index contributed by atoms with van der Waals surface area (Å²) in [5, 5.41) is 2.74. The number of carbonyl (C=O) groups excluding carboxylic acids is 1. The number of aromatic nitrogens is 2. The topological polar surface area (TPSA) is 64.0 Å². The first kappa shape index (κ1) is 17.5. The Balaban J connectivity index is 1.90. The highest BCUT2D eigenvalue weighted by molar-refractivity contribution is 9.10. The molecular weight excluding hydrogens is 409 g/mol. The van der Waals surface area contributed by atoms with Gasteiger partial charge >= 0.3 is 4.87 Å². The molecule has 0 saturated heterocycles. The number of nitrogens with one attached hydrogen (secondary N) is 1. The fourth-order valence-corrected chi connectivity index (χ4v) is 3.64. The molecular formula is C17H13BrFN3O2S. The van der Waals surface area contributed by atoms with Gasteiger partial charge in [-0.3, -0.25) is 19.1 Å². The molecule has 0 aliphatic carbocycles. The Kier molecular flexibility index (Phi) is 5.10. The number of nitrogens with zero attached hydrogens (tertiary/aromatic N) is 2. The number of amides is 1. The predicted molar refractivity (Wildman–Crippen MR) is 99.3 cm³/mol. The van der Waals surface area contributed by atoms with Gasteiger partial charge in [0.25, 0.3) is 0 Å². The summed E-state index contributed by atoms with van der Waals surface area (Å²) in [6, 6.07) is 7.50. The van der Waals surface area contributed by atoms with Crippen LogP contribution in [0.25, 0.3) is 11.3 Å². The van der Waals surface area contributed by atoms with Crippen LogP contribution >= 0.6 is 27.3 Å². The zero-order valence-electron chi connectivity index (χ0n) is 13.1. The summed E-state index contributed by atoms with van der Waals surface area (Å²) in [6.07, 6.45) is 3.13. The monoisotopic (exact) mass is 421 g/mol. The van der Waals surface area contributed by atoms with Gasteiger partial charge in [0.2, 0.25) is 5.91 Å². The molecule has 0 unspecified atom stereocenters. The van der Waals surface area contributed by atoms with E-state index in [1.165, 1.54) is 16.7 Å². The lowest BCUT2D eigenvalue weighted by atomic mass is 10.1. The summed E-state index contributed by atoms with van der Waals surface area (Å²) < 4.78 is 15.2. The standard InChI is InChI=1S/C17H13BrFN3O2S/c1-10-16(11-2-4-12(19)5-3-11)22(17(24)25-10)9-15(23)21-14-6-7-20-8-13(14)18/h2-8H,9H2,1H3,(H,20,21,23). The maximum absolute atomic E-state index is 13.2. The summed E-state index contributed by atoms with van der Waals surface area (Å²) >= 11 is 4.37. The number of aryl methyl sites for hydroxylation is 1. The molecule has 0 bridgehead atoms. The van der Waals surface area contributed by atoms with Crippen LogP contribution in [0.2, 0.25) is 0 Å². The molecule has 0 radical (unpaired) electrons. The summed E-state index contributed by atoms with van der Waals surface area (Å²) in [6.45, 7) is 1.67. The minimum Gasteiger partial charge on any atom is -0.323 e. The van der Waals surface area contributed by atoms with Crippen LogP contribution in [0.5, 0.6) is 0 Å². The van der Waals surface area contributed by atoms with E-state index in [0.29, 0.717) is 21.4 Å². The van der Waals surface area contributed by atoms with Crippen molar-refractivity contribution in [3.63, 3.8) is 0 Å². The highest BCUT2D eigenvalue weighted by Crippen LogP contribution is 2.26. The number of hydrogen-bond acceptors (Lipinski definition) is 4. The second kappa shape index (κ2) is 7.28. The third kappa shape index (κ3) is 3.85. The van der Waals surface area contributed by atoms with Crippen LogP contribution in [-0.4, -0.2) is 15.5 Å². The molecule has 0 saturated carbocycles. The third-order valence-corrected chi connectivity index (χ3v) is 5.06. The van der Waals surface area contributed by atoms with E-state index in [0.717, 1.165) is 16.2 Å². The van der Waals surface area contributed by atoms with Gasteiger partial charge in [0.1, 0.15) is 12.4 Å². The van der Waals surface area contributed by atoms with Gasteiger partial charge in [0.05, 0.1) is 15.9 Å². The lowest BCUT2D eigenvalue weighted by Crippen LogP contribution is -2.25. The second-order valence-corrected chi connectivity index (χ2v) is 7.29. The molecule has 0 fully saturated rings. The molecule has 0 aliphatic heterocycles. The summed E-state index contributed by atoms with van der Waals surface area (Å²) in [7, 11) is 0. The van der Waals surface area contributed by atoms with Gasteiger partial charge in [-0.1, -0.05) is 11.3 Å². The molecule has 0 atom stereocenters. The molecule has 0 aliphatic rings. The van der Waals surface area contributed by atoms with Crippen molar-refractivity contribution < 1.29 is 9.18 Å². The molecule has 3 aromatic rings. The van der Waals surface area contributed by atoms with E-state index < -0.39 is 0 Å². The van der Waals surface area contributed by atoms with Crippen LogP contribution in [0.15, 0.2) is 52.0 Å². The molecule has 0 spiro atoms. The Labute approximate surface area is 155 Å². The van der Waals surface area contributed by atoms with Crippen LogP contribution in [0.3, 0.4) is 0 Å². The van der Waals surface area contributed by atoms with Gasteiger partial charge in [0.15, 0.2) is 0 Å². The van der Waals surface area contributed by atoms with Crippen molar-refractivity contribution >= 4 is 38.9 Å². The van der Waals surface area contributed by atoms with E-state index >= 15 is 0 Å². The van der Waals surface area contributed by atoms with Crippen molar-refractivity contribution in [3.05, 3.63) is 67.6 Å². The number of benzene rings is 1. The Morgan fingerprint density at radius 2 is 2.04 bits per heavy atom. The quantitative estimate of drug-likeness (QED) is 0.696. The van der Waals surface area contributed by atoms with Crippen molar-refractivity contribution in [2.75, 3.05) is 5.32 Å². The first-order valence-corrected chi connectivity index (χ1v) is 8.92. The number of rotatable bonds is 4. The van der Waals surface area contributed by atoms with Crippen LogP contribution in [0.1, 0.15) is 4.88 Å². The number of carbonyl (C=O) groups is 1. The molecule has 5 nitrogen and oxygen atoms in total. The largest absolute Gasteiger partial charge is 0.323 e. The van der Waals surface area contributed by atoms with E-state index in [9.17, 15) is 14.0 Å². The van der Waals surface area contributed by atoms with Crippen LogP contribution < -0.4 is 10.2 Å². The Morgan fingerprint density at radius 3 is 2.72 bits per heavy atom. The molecule has 1 amide bonds. The molecule has 8 heteroatoms. The minimum atomic E-state index is -0.356. The van der Waals surface area contributed by atoms with Gasteiger partial charge in [-0.15, -0.1) is 0 Å². The average Bonchev–Trinajstić information content (AvgIpc) is 2.84. The normalized spacial score (nSPS) is 10.7. The SMILES string of the molecule is Cc1sc(=O)n(CC(=O)Nc2ccncc2Br)c1-c1ccc(F)cc1. The van der Waals surface area contributed by atoms with Gasteiger partial charge in [-0.25, -0.2) is 4.39 Å². The Hall–Kier alpha value is -2.32. The molecule has 1 aromatic carbocycles. The van der Waals surface area contributed by atoms with Gasteiger partial charge in [0, 0.05) is 17.3 Å². The first-order chi connectivity index (χ1) is 12.0. The average molecular weight is 422 g/mol. The second-order valence-electron chi connectivity index (χ2n) is 5.27. The number of thiazole rings is 1. The lowest BCUT2D eigenvalue weighted by molar-refractivity contribution is -0.116. The lowest BCUT2D eigenvalue weighted by Gasteiger charge is -2.10. The zero-order valence-corrected chi connectivity index (χ0v) is 15.5. The van der Waals surface area contributed by atoms with Crippen molar-refractivity contribution in [1.29, 1.82) is 0 Å². The number of hydrogen-bond donors (Lipinski definition) is 1. The first-order valence-electron chi connectivity index (χ1n) is 7.31. The van der Waals surface area contributed by atoms with Gasteiger partial charge in [-0.2, -0.15) is 0 Å². The molecule has 1 N–H and O–H groups in total. The summed E-state index contributed by atoms with van der Waals surface area (Å²) in [5.41, 5.74) is 1.89. The smallest absolute Gasteiger partial charge is 0.308 e. The maximum atomic E-state index is 13.2. The van der Waals surface area contributed by atoms with Crippen molar-refractivity contribution in [3.8, 4) is 11.3 Å². The van der Waals surface area contributed by atoms with Gasteiger partial charge in [-0.05, 0) is 58.7 Å². The highest BCUT2D eigenvalue weighted by atomic mass is 79.9. The fourth-order valence-electron chi connectivity index (χ4n) is 2.44. The Bertz CT molecular complexity index is 982. The molecule has 2 aromatic heterocycles. The predicted octanol–water partition coefficient (Wildman–Crippen LogP) is 3.82. The van der Waals surface area contributed by atoms with Crippen LogP contribution in [0.4, 0.5) is 10.1 Å². The third-order valence-electron chi connectivity index (χ3n) is 3.53. The van der Waals surface area contributed by atoms with E-state index in [-0.39, 0.29) is 23.1 Å². The van der Waals surface area contributed by atoms with Crippen LogP contribution in [-0.2, 0) is 11.3 Å². The van der Waals surface area contributed by atoms with Crippen molar-refractivity contribution in [2.45, 2.75) is 13.5 Å². The van der Waals surface area contributed by atoms with E-state index in [1.807, 2.05) is 0 Å². The maximum Gasteiger partial charge on any atom is 0.308 e. The van der Waals surface area contributed by atoms with Crippen molar-refractivity contribution in [1.82, 2.24) is 9.55 Å². The van der Waals surface area contributed by atoms with Crippen LogP contribution in [0, 0.1) is 12.7 Å². The summed E-state index contributed by atoms with van der Waals surface area (Å²) in [5.74, 6) is -0.694.